The van der Waals surface area contributed by atoms with Gasteiger partial charge in [0.1, 0.15) is 5.82 Å². The SMILES string of the molecule is O=C(N1CCC(CO)C1)C1(c2cccc(F)c2)CC1. The van der Waals surface area contributed by atoms with Gasteiger partial charge < -0.3 is 10.0 Å². The molecule has 2 fully saturated rings. The molecule has 3 nitrogen and oxygen atoms in total. The van der Waals surface area contributed by atoms with Crippen LogP contribution in [0.5, 0.6) is 0 Å². The number of aliphatic hydroxyl groups excluding tert-OH is 1. The first-order valence-electron chi connectivity index (χ1n) is 6.82. The molecule has 1 unspecified atom stereocenters. The van der Waals surface area contributed by atoms with Crippen molar-refractivity contribution in [2.24, 2.45) is 5.92 Å². The quantitative estimate of drug-likeness (QED) is 0.901. The van der Waals surface area contributed by atoms with Crippen molar-refractivity contribution in [3.63, 3.8) is 0 Å². The number of hydrogen-bond acceptors (Lipinski definition) is 2. The summed E-state index contributed by atoms with van der Waals surface area (Å²) in [6.07, 6.45) is 2.46. The maximum atomic E-state index is 13.3. The van der Waals surface area contributed by atoms with Gasteiger partial charge in [-0.15, -0.1) is 0 Å². The summed E-state index contributed by atoms with van der Waals surface area (Å²) in [6, 6.07) is 6.39. The van der Waals surface area contributed by atoms with Gasteiger partial charge in [0.25, 0.3) is 0 Å². The van der Waals surface area contributed by atoms with Gasteiger partial charge >= 0.3 is 0 Å². The molecule has 4 heteroatoms. The van der Waals surface area contributed by atoms with Crippen molar-refractivity contribution in [3.05, 3.63) is 35.6 Å². The second-order valence-corrected chi connectivity index (χ2v) is 5.68. The monoisotopic (exact) mass is 263 g/mol. The number of hydrogen-bond donors (Lipinski definition) is 1. The van der Waals surface area contributed by atoms with Crippen LogP contribution in [0.4, 0.5) is 4.39 Å². The van der Waals surface area contributed by atoms with Crippen molar-refractivity contribution in [2.45, 2.75) is 24.7 Å². The lowest BCUT2D eigenvalue weighted by molar-refractivity contribution is -0.133. The van der Waals surface area contributed by atoms with Crippen LogP contribution in [0.2, 0.25) is 0 Å². The van der Waals surface area contributed by atoms with Crippen LogP contribution in [-0.4, -0.2) is 35.6 Å². The number of aliphatic hydroxyl groups is 1. The van der Waals surface area contributed by atoms with Crippen molar-refractivity contribution in [1.82, 2.24) is 4.90 Å². The maximum absolute atomic E-state index is 13.3. The number of nitrogens with zero attached hydrogens (tertiary/aromatic N) is 1. The van der Waals surface area contributed by atoms with Gasteiger partial charge in [-0.2, -0.15) is 0 Å². The number of rotatable bonds is 3. The Labute approximate surface area is 112 Å². The van der Waals surface area contributed by atoms with Crippen molar-refractivity contribution >= 4 is 5.91 Å². The van der Waals surface area contributed by atoms with Gasteiger partial charge in [0, 0.05) is 25.6 Å². The first kappa shape index (κ1) is 12.6. The number of likely N-dealkylation sites (tertiary alicyclic amines) is 1. The molecule has 1 saturated carbocycles. The fourth-order valence-corrected chi connectivity index (χ4v) is 3.01. The summed E-state index contributed by atoms with van der Waals surface area (Å²) in [7, 11) is 0. The average Bonchev–Trinajstić information content (AvgIpc) is 3.09. The van der Waals surface area contributed by atoms with E-state index in [1.54, 1.807) is 6.07 Å². The molecular weight excluding hydrogens is 245 g/mol. The Morgan fingerprint density at radius 3 is 2.84 bits per heavy atom. The minimum Gasteiger partial charge on any atom is -0.396 e. The van der Waals surface area contributed by atoms with Gasteiger partial charge in [-0.25, -0.2) is 4.39 Å². The van der Waals surface area contributed by atoms with E-state index in [0.717, 1.165) is 24.8 Å². The molecule has 102 valence electrons. The highest BCUT2D eigenvalue weighted by Crippen LogP contribution is 2.50. The summed E-state index contributed by atoms with van der Waals surface area (Å²) in [5.74, 6) is 0.0209. The molecule has 1 aromatic rings. The van der Waals surface area contributed by atoms with Gasteiger partial charge in [-0.05, 0) is 37.0 Å². The predicted octanol–water partition coefficient (Wildman–Crippen LogP) is 1.70. The van der Waals surface area contributed by atoms with Gasteiger partial charge in [0.15, 0.2) is 0 Å². The molecule has 1 atom stereocenters. The number of amides is 1. The molecule has 3 rings (SSSR count). The predicted molar refractivity (Wildman–Crippen MR) is 69.1 cm³/mol. The lowest BCUT2D eigenvalue weighted by Crippen LogP contribution is -2.38. The fourth-order valence-electron chi connectivity index (χ4n) is 3.01. The van der Waals surface area contributed by atoms with E-state index in [4.69, 9.17) is 5.11 Å². The average molecular weight is 263 g/mol. The lowest BCUT2D eigenvalue weighted by Gasteiger charge is -2.23. The van der Waals surface area contributed by atoms with E-state index in [-0.39, 0.29) is 24.2 Å². The second kappa shape index (κ2) is 4.60. The molecule has 0 aromatic heterocycles. The zero-order valence-electron chi connectivity index (χ0n) is 10.8. The molecular formula is C15H18FNO2. The largest absolute Gasteiger partial charge is 0.396 e. The van der Waals surface area contributed by atoms with Crippen LogP contribution in [0.3, 0.4) is 0 Å². The van der Waals surface area contributed by atoms with Crippen LogP contribution in [0.25, 0.3) is 0 Å². The summed E-state index contributed by atoms with van der Waals surface area (Å²) in [6.45, 7) is 1.48. The number of carbonyl (C=O) groups excluding carboxylic acids is 1. The van der Waals surface area contributed by atoms with Crippen LogP contribution in [0.1, 0.15) is 24.8 Å². The molecule has 1 aliphatic heterocycles. The second-order valence-electron chi connectivity index (χ2n) is 5.68. The number of carbonyl (C=O) groups is 1. The van der Waals surface area contributed by atoms with Crippen molar-refractivity contribution in [1.29, 1.82) is 0 Å². The van der Waals surface area contributed by atoms with E-state index in [9.17, 15) is 9.18 Å². The molecule has 19 heavy (non-hydrogen) atoms. The highest BCUT2D eigenvalue weighted by molar-refractivity contribution is 5.91. The zero-order chi connectivity index (χ0) is 13.5. The molecule has 0 spiro atoms. The Morgan fingerprint density at radius 1 is 1.47 bits per heavy atom. The Morgan fingerprint density at radius 2 is 2.26 bits per heavy atom. The van der Waals surface area contributed by atoms with E-state index >= 15 is 0 Å². The van der Waals surface area contributed by atoms with E-state index in [1.165, 1.54) is 12.1 Å². The van der Waals surface area contributed by atoms with Gasteiger partial charge in [0.2, 0.25) is 5.91 Å². The summed E-state index contributed by atoms with van der Waals surface area (Å²) in [4.78, 5) is 14.5. The Hall–Kier alpha value is -1.42. The molecule has 1 aromatic carbocycles. The minimum absolute atomic E-state index is 0.106. The highest BCUT2D eigenvalue weighted by Gasteiger charge is 2.53. The Bertz CT molecular complexity index is 499. The van der Waals surface area contributed by atoms with Gasteiger partial charge in [0.05, 0.1) is 5.41 Å². The summed E-state index contributed by atoms with van der Waals surface area (Å²) >= 11 is 0. The van der Waals surface area contributed by atoms with Gasteiger partial charge in [-0.3, -0.25) is 4.79 Å². The molecule has 1 N–H and O–H groups in total. The molecule has 1 saturated heterocycles. The smallest absolute Gasteiger partial charge is 0.233 e. The fraction of sp³-hybridized carbons (Fsp3) is 0.533. The first-order chi connectivity index (χ1) is 9.15. The Balaban J connectivity index is 1.80. The summed E-state index contributed by atoms with van der Waals surface area (Å²) in [5.41, 5.74) is 0.303. The molecule has 1 aliphatic carbocycles. The van der Waals surface area contributed by atoms with E-state index in [0.29, 0.717) is 13.1 Å². The van der Waals surface area contributed by atoms with Crippen LogP contribution in [-0.2, 0) is 10.2 Å². The topological polar surface area (TPSA) is 40.5 Å². The third kappa shape index (κ3) is 2.14. The van der Waals surface area contributed by atoms with Crippen molar-refractivity contribution in [3.8, 4) is 0 Å². The molecule has 0 radical (unpaired) electrons. The standard InChI is InChI=1S/C15H18FNO2/c16-13-3-1-2-12(8-13)15(5-6-15)14(19)17-7-4-11(9-17)10-18/h1-3,8,11,18H,4-7,9-10H2. The molecule has 1 heterocycles. The van der Waals surface area contributed by atoms with Crippen LogP contribution in [0, 0.1) is 11.7 Å². The van der Waals surface area contributed by atoms with Crippen LogP contribution in [0.15, 0.2) is 24.3 Å². The molecule has 1 amide bonds. The first-order valence-corrected chi connectivity index (χ1v) is 6.82. The molecule has 2 aliphatic rings. The van der Waals surface area contributed by atoms with Gasteiger partial charge in [-0.1, -0.05) is 12.1 Å². The van der Waals surface area contributed by atoms with Crippen LogP contribution >= 0.6 is 0 Å². The highest BCUT2D eigenvalue weighted by atomic mass is 19.1. The van der Waals surface area contributed by atoms with E-state index < -0.39 is 5.41 Å². The third-order valence-electron chi connectivity index (χ3n) is 4.37. The van der Waals surface area contributed by atoms with Crippen LogP contribution < -0.4 is 0 Å². The van der Waals surface area contributed by atoms with E-state index in [1.807, 2.05) is 11.0 Å². The minimum atomic E-state index is -0.494. The number of benzene rings is 1. The lowest BCUT2D eigenvalue weighted by atomic mass is 9.94. The zero-order valence-corrected chi connectivity index (χ0v) is 10.8. The summed E-state index contributed by atoms with van der Waals surface area (Å²) < 4.78 is 13.3. The maximum Gasteiger partial charge on any atom is 0.233 e. The van der Waals surface area contributed by atoms with Crippen molar-refractivity contribution < 1.29 is 14.3 Å². The van der Waals surface area contributed by atoms with Crippen molar-refractivity contribution in [2.75, 3.05) is 19.7 Å². The van der Waals surface area contributed by atoms with E-state index in [2.05, 4.69) is 0 Å². The summed E-state index contributed by atoms with van der Waals surface area (Å²) in [5, 5.41) is 9.15. The normalized spacial score (nSPS) is 24.5. The number of halogens is 1. The molecule has 0 bridgehead atoms. The third-order valence-corrected chi connectivity index (χ3v) is 4.37. The Kier molecular flexibility index (Phi) is 3.05.